The van der Waals surface area contributed by atoms with E-state index in [0.29, 0.717) is 43.5 Å². The molecular formula is C22H23F3N6O. The summed E-state index contributed by atoms with van der Waals surface area (Å²) >= 11 is 0. The molecule has 4 rings (SSSR count). The van der Waals surface area contributed by atoms with Gasteiger partial charge in [0.1, 0.15) is 5.69 Å². The largest absolute Gasteiger partial charge is 0.417 e. The summed E-state index contributed by atoms with van der Waals surface area (Å²) in [4.78, 5) is 23.7. The number of H-pyrrole nitrogens is 1. The molecule has 10 heteroatoms. The lowest BCUT2D eigenvalue weighted by Gasteiger charge is -2.35. The fraction of sp³-hybridized carbons (Fsp3) is 0.364. The maximum atomic E-state index is 13.3. The van der Waals surface area contributed by atoms with E-state index >= 15 is 0 Å². The lowest BCUT2D eigenvalue weighted by Crippen LogP contribution is -2.49. The van der Waals surface area contributed by atoms with Gasteiger partial charge in [-0.05, 0) is 30.7 Å². The van der Waals surface area contributed by atoms with E-state index in [1.807, 2.05) is 17.0 Å². The lowest BCUT2D eigenvalue weighted by molar-refractivity contribution is -0.138. The minimum Gasteiger partial charge on any atom is -0.352 e. The number of aryl methyl sites for hydroxylation is 1. The number of hydrogen-bond acceptors (Lipinski definition) is 5. The highest BCUT2D eigenvalue weighted by Gasteiger charge is 2.36. The molecule has 3 aromatic rings. The molecule has 1 aromatic carbocycles. The van der Waals surface area contributed by atoms with E-state index in [2.05, 4.69) is 27.1 Å². The number of carbonyl (C=O) groups excluding carboxylic acids is 1. The zero-order valence-corrected chi connectivity index (χ0v) is 17.6. The first-order chi connectivity index (χ1) is 15.4. The number of halogens is 3. The van der Waals surface area contributed by atoms with Crippen LogP contribution in [0, 0.1) is 0 Å². The molecule has 1 N–H and O–H groups in total. The average Bonchev–Trinajstić information content (AvgIpc) is 3.27. The summed E-state index contributed by atoms with van der Waals surface area (Å²) < 4.78 is 39.8. The van der Waals surface area contributed by atoms with Crippen molar-refractivity contribution in [2.24, 2.45) is 0 Å². The van der Waals surface area contributed by atoms with Gasteiger partial charge in [0.05, 0.1) is 11.1 Å². The number of nitrogens with zero attached hydrogens (tertiary/aromatic N) is 5. The van der Waals surface area contributed by atoms with Crippen LogP contribution in [0.5, 0.6) is 0 Å². The van der Waals surface area contributed by atoms with Crippen LogP contribution in [0.2, 0.25) is 0 Å². The Bertz CT molecular complexity index is 1070. The number of imidazole rings is 1. The second kappa shape index (κ2) is 8.97. The molecule has 1 fully saturated rings. The van der Waals surface area contributed by atoms with E-state index in [9.17, 15) is 18.0 Å². The molecule has 1 aliphatic heterocycles. The van der Waals surface area contributed by atoms with Crippen molar-refractivity contribution >= 4 is 11.7 Å². The van der Waals surface area contributed by atoms with Gasteiger partial charge >= 0.3 is 6.18 Å². The molecule has 0 saturated carbocycles. The second-order valence-electron chi connectivity index (χ2n) is 7.61. The van der Waals surface area contributed by atoms with Gasteiger partial charge in [0.25, 0.3) is 5.91 Å². The number of benzene rings is 1. The standard InChI is InChI=1S/C22H23F3N6O/c1-2-5-15-14-26-20(27-15)18-8-9-19(29-28-18)30-10-12-31(13-11-30)21(32)16-6-3-4-7-17(16)22(23,24)25/h3-4,6-9,14H,2,5,10-13H2,1H3,(H,26,27). The zero-order valence-electron chi connectivity index (χ0n) is 17.6. The normalized spacial score (nSPS) is 14.6. The van der Waals surface area contributed by atoms with Gasteiger partial charge in [-0.25, -0.2) is 4.98 Å². The molecule has 7 nitrogen and oxygen atoms in total. The molecule has 0 bridgehead atoms. The Morgan fingerprint density at radius 3 is 2.47 bits per heavy atom. The number of piperazine rings is 1. The quantitative estimate of drug-likeness (QED) is 0.648. The molecule has 0 atom stereocenters. The molecule has 1 amide bonds. The first-order valence-corrected chi connectivity index (χ1v) is 10.4. The average molecular weight is 444 g/mol. The highest BCUT2D eigenvalue weighted by atomic mass is 19.4. The van der Waals surface area contributed by atoms with Crippen molar-refractivity contribution in [2.45, 2.75) is 25.9 Å². The van der Waals surface area contributed by atoms with Gasteiger partial charge in [-0.15, -0.1) is 10.2 Å². The Morgan fingerprint density at radius 2 is 1.81 bits per heavy atom. The van der Waals surface area contributed by atoms with Crippen molar-refractivity contribution in [3.05, 3.63) is 59.4 Å². The predicted molar refractivity (Wildman–Crippen MR) is 113 cm³/mol. The molecule has 32 heavy (non-hydrogen) atoms. The van der Waals surface area contributed by atoms with Gasteiger partial charge in [0.2, 0.25) is 0 Å². The lowest BCUT2D eigenvalue weighted by atomic mass is 10.1. The third kappa shape index (κ3) is 4.58. The molecule has 1 aliphatic rings. The number of rotatable bonds is 5. The van der Waals surface area contributed by atoms with Crippen molar-refractivity contribution in [3.8, 4) is 11.5 Å². The highest BCUT2D eigenvalue weighted by molar-refractivity contribution is 5.96. The van der Waals surface area contributed by atoms with Crippen molar-refractivity contribution in [1.82, 2.24) is 25.1 Å². The molecule has 3 heterocycles. The summed E-state index contributed by atoms with van der Waals surface area (Å²) in [6, 6.07) is 8.55. The first kappa shape index (κ1) is 21.8. The van der Waals surface area contributed by atoms with E-state index in [4.69, 9.17) is 0 Å². The maximum Gasteiger partial charge on any atom is 0.417 e. The summed E-state index contributed by atoms with van der Waals surface area (Å²) in [7, 11) is 0. The van der Waals surface area contributed by atoms with Gasteiger partial charge in [0, 0.05) is 38.1 Å². The summed E-state index contributed by atoms with van der Waals surface area (Å²) in [6.45, 7) is 3.60. The van der Waals surface area contributed by atoms with Crippen LogP contribution in [0.3, 0.4) is 0 Å². The van der Waals surface area contributed by atoms with Crippen LogP contribution in [-0.4, -0.2) is 57.2 Å². The van der Waals surface area contributed by atoms with E-state index in [0.717, 1.165) is 24.6 Å². The fourth-order valence-electron chi connectivity index (χ4n) is 3.73. The number of nitrogens with one attached hydrogen (secondary N) is 1. The molecule has 0 unspecified atom stereocenters. The van der Waals surface area contributed by atoms with Crippen LogP contribution in [0.4, 0.5) is 19.0 Å². The van der Waals surface area contributed by atoms with Crippen molar-refractivity contribution in [1.29, 1.82) is 0 Å². The fourth-order valence-corrected chi connectivity index (χ4v) is 3.73. The van der Waals surface area contributed by atoms with Crippen molar-refractivity contribution in [2.75, 3.05) is 31.1 Å². The van der Waals surface area contributed by atoms with Crippen molar-refractivity contribution < 1.29 is 18.0 Å². The van der Waals surface area contributed by atoms with Crippen LogP contribution in [0.25, 0.3) is 11.5 Å². The van der Waals surface area contributed by atoms with Gasteiger partial charge in [-0.3, -0.25) is 4.79 Å². The third-order valence-corrected chi connectivity index (χ3v) is 5.39. The monoisotopic (exact) mass is 444 g/mol. The minimum absolute atomic E-state index is 0.299. The molecule has 2 aromatic heterocycles. The number of hydrogen-bond donors (Lipinski definition) is 1. The van der Waals surface area contributed by atoms with Gasteiger partial charge in [-0.2, -0.15) is 13.2 Å². The van der Waals surface area contributed by atoms with Crippen LogP contribution in [-0.2, 0) is 12.6 Å². The number of amides is 1. The van der Waals surface area contributed by atoms with Crippen molar-refractivity contribution in [3.63, 3.8) is 0 Å². The molecular weight excluding hydrogens is 421 g/mol. The number of carbonyl (C=O) groups is 1. The maximum absolute atomic E-state index is 13.3. The zero-order chi connectivity index (χ0) is 22.7. The van der Waals surface area contributed by atoms with Crippen LogP contribution >= 0.6 is 0 Å². The second-order valence-corrected chi connectivity index (χ2v) is 7.61. The summed E-state index contributed by atoms with van der Waals surface area (Å²) in [6.07, 6.45) is -0.851. The molecule has 0 aliphatic carbocycles. The molecule has 0 radical (unpaired) electrons. The summed E-state index contributed by atoms with van der Waals surface area (Å²) in [5, 5.41) is 8.52. The van der Waals surface area contributed by atoms with E-state index in [1.54, 1.807) is 6.20 Å². The number of alkyl halides is 3. The van der Waals surface area contributed by atoms with E-state index in [1.165, 1.54) is 23.1 Å². The van der Waals surface area contributed by atoms with Crippen LogP contribution in [0.1, 0.15) is 35.0 Å². The summed E-state index contributed by atoms with van der Waals surface area (Å²) in [5.41, 5.74) is 0.447. The predicted octanol–water partition coefficient (Wildman–Crippen LogP) is 3.80. The SMILES string of the molecule is CCCc1cnc(-c2ccc(N3CCN(C(=O)c4ccccc4C(F)(F)F)CC3)nn2)[nH]1. The van der Waals surface area contributed by atoms with Gasteiger partial charge < -0.3 is 14.8 Å². The highest BCUT2D eigenvalue weighted by Crippen LogP contribution is 2.32. The third-order valence-electron chi connectivity index (χ3n) is 5.39. The Kier molecular flexibility index (Phi) is 6.11. The Morgan fingerprint density at radius 1 is 1.06 bits per heavy atom. The van der Waals surface area contributed by atoms with Crippen LogP contribution < -0.4 is 4.90 Å². The molecule has 168 valence electrons. The van der Waals surface area contributed by atoms with Crippen LogP contribution in [0.15, 0.2) is 42.6 Å². The topological polar surface area (TPSA) is 78.0 Å². The minimum atomic E-state index is -4.57. The Hall–Kier alpha value is -3.43. The van der Waals surface area contributed by atoms with Gasteiger partial charge in [0.15, 0.2) is 11.6 Å². The van der Waals surface area contributed by atoms with E-state index in [-0.39, 0.29) is 5.56 Å². The Balaban J connectivity index is 1.40. The Labute approximate surface area is 183 Å². The first-order valence-electron chi connectivity index (χ1n) is 10.4. The molecule has 0 spiro atoms. The van der Waals surface area contributed by atoms with E-state index < -0.39 is 17.6 Å². The number of aromatic nitrogens is 4. The van der Waals surface area contributed by atoms with Gasteiger partial charge in [-0.1, -0.05) is 25.5 Å². The number of aromatic amines is 1. The number of anilines is 1. The summed E-state index contributed by atoms with van der Waals surface area (Å²) in [5.74, 6) is 0.697. The smallest absolute Gasteiger partial charge is 0.352 e. The molecule has 1 saturated heterocycles.